The minimum Gasteiger partial charge on any atom is -0.457 e. The fraction of sp³-hybridized carbons (Fsp3) is 0.200. The van der Waals surface area contributed by atoms with Gasteiger partial charge in [-0.25, -0.2) is 4.39 Å². The van der Waals surface area contributed by atoms with Crippen LogP contribution in [-0.4, -0.2) is 0 Å². The Kier molecular flexibility index (Phi) is 5.21. The molecule has 0 aliphatic heterocycles. The standard InChI is InChI=1S/C13H11FO.C2H6/c1-10-4-2-3-5-13(10)15-12-8-6-11(14)7-9-12;1-2/h2-9H,1H3;1-2H3. The minimum atomic E-state index is -0.257. The maximum atomic E-state index is 12.6. The van der Waals surface area contributed by atoms with Gasteiger partial charge in [0.25, 0.3) is 0 Å². The summed E-state index contributed by atoms with van der Waals surface area (Å²) in [5.41, 5.74) is 1.06. The summed E-state index contributed by atoms with van der Waals surface area (Å²) < 4.78 is 18.2. The summed E-state index contributed by atoms with van der Waals surface area (Å²) in [5.74, 6) is 1.18. The molecule has 1 nitrogen and oxygen atoms in total. The lowest BCUT2D eigenvalue weighted by Crippen LogP contribution is -1.86. The Bertz CT molecular complexity index is 449. The first-order valence-corrected chi connectivity index (χ1v) is 5.75. The van der Waals surface area contributed by atoms with E-state index in [0.29, 0.717) is 5.75 Å². The molecule has 0 amide bonds. The van der Waals surface area contributed by atoms with Crippen molar-refractivity contribution in [3.05, 3.63) is 59.9 Å². The van der Waals surface area contributed by atoms with Gasteiger partial charge in [0.1, 0.15) is 17.3 Å². The quantitative estimate of drug-likeness (QED) is 0.711. The second kappa shape index (κ2) is 6.69. The van der Waals surface area contributed by atoms with E-state index in [-0.39, 0.29) is 5.82 Å². The molecule has 17 heavy (non-hydrogen) atoms. The van der Waals surface area contributed by atoms with E-state index in [9.17, 15) is 4.39 Å². The number of benzene rings is 2. The molecule has 2 rings (SSSR count). The fourth-order valence-electron chi connectivity index (χ4n) is 1.30. The van der Waals surface area contributed by atoms with Gasteiger partial charge in [-0.15, -0.1) is 0 Å². The van der Waals surface area contributed by atoms with E-state index < -0.39 is 0 Å². The van der Waals surface area contributed by atoms with E-state index in [4.69, 9.17) is 4.74 Å². The Morgan fingerprint density at radius 3 is 2.06 bits per heavy atom. The Labute approximate surface area is 102 Å². The van der Waals surface area contributed by atoms with Gasteiger partial charge in [-0.05, 0) is 42.8 Å². The number of ether oxygens (including phenoxy) is 1. The lowest BCUT2D eigenvalue weighted by Gasteiger charge is -2.07. The molecule has 0 aliphatic rings. The molecule has 0 saturated carbocycles. The zero-order valence-electron chi connectivity index (χ0n) is 10.4. The van der Waals surface area contributed by atoms with Crippen molar-refractivity contribution in [2.24, 2.45) is 0 Å². The number of aryl methyl sites for hydroxylation is 1. The van der Waals surface area contributed by atoms with Crippen LogP contribution in [0.4, 0.5) is 4.39 Å². The van der Waals surface area contributed by atoms with Crippen molar-refractivity contribution < 1.29 is 9.13 Å². The smallest absolute Gasteiger partial charge is 0.130 e. The molecular weight excluding hydrogens is 215 g/mol. The van der Waals surface area contributed by atoms with Gasteiger partial charge >= 0.3 is 0 Å². The van der Waals surface area contributed by atoms with Gasteiger partial charge in [-0.2, -0.15) is 0 Å². The summed E-state index contributed by atoms with van der Waals surface area (Å²) in [5, 5.41) is 0. The number of rotatable bonds is 2. The van der Waals surface area contributed by atoms with Gasteiger partial charge in [0.05, 0.1) is 0 Å². The molecule has 90 valence electrons. The van der Waals surface area contributed by atoms with Crippen LogP contribution in [0.5, 0.6) is 11.5 Å². The lowest BCUT2D eigenvalue weighted by atomic mass is 10.2. The van der Waals surface area contributed by atoms with Crippen molar-refractivity contribution in [1.82, 2.24) is 0 Å². The van der Waals surface area contributed by atoms with Crippen LogP contribution in [-0.2, 0) is 0 Å². The van der Waals surface area contributed by atoms with Crippen LogP contribution in [0.15, 0.2) is 48.5 Å². The average Bonchev–Trinajstić information content (AvgIpc) is 2.37. The molecule has 0 bridgehead atoms. The topological polar surface area (TPSA) is 9.23 Å². The third-order valence-electron chi connectivity index (χ3n) is 2.14. The average molecular weight is 232 g/mol. The Morgan fingerprint density at radius 2 is 1.47 bits per heavy atom. The van der Waals surface area contributed by atoms with Gasteiger partial charge < -0.3 is 4.74 Å². The monoisotopic (exact) mass is 232 g/mol. The van der Waals surface area contributed by atoms with Crippen LogP contribution in [0.25, 0.3) is 0 Å². The molecule has 0 radical (unpaired) electrons. The van der Waals surface area contributed by atoms with Crippen LogP contribution >= 0.6 is 0 Å². The molecule has 0 aliphatic carbocycles. The zero-order chi connectivity index (χ0) is 12.7. The van der Waals surface area contributed by atoms with E-state index in [1.807, 2.05) is 45.0 Å². The van der Waals surface area contributed by atoms with Crippen LogP contribution in [0.1, 0.15) is 19.4 Å². The third-order valence-corrected chi connectivity index (χ3v) is 2.14. The molecule has 0 saturated heterocycles. The molecule has 2 aromatic rings. The largest absolute Gasteiger partial charge is 0.457 e. The molecule has 0 unspecified atom stereocenters. The molecule has 0 spiro atoms. The SMILES string of the molecule is CC.Cc1ccccc1Oc1ccc(F)cc1. The third kappa shape index (κ3) is 3.91. The predicted molar refractivity (Wildman–Crippen MR) is 69.0 cm³/mol. The molecule has 0 aromatic heterocycles. The summed E-state index contributed by atoms with van der Waals surface area (Å²) in [6.45, 7) is 5.97. The van der Waals surface area contributed by atoms with Crippen LogP contribution < -0.4 is 4.74 Å². The van der Waals surface area contributed by atoms with E-state index in [1.54, 1.807) is 12.1 Å². The first kappa shape index (κ1) is 13.2. The van der Waals surface area contributed by atoms with E-state index >= 15 is 0 Å². The highest BCUT2D eigenvalue weighted by Gasteiger charge is 1.99. The van der Waals surface area contributed by atoms with E-state index in [0.717, 1.165) is 11.3 Å². The normalized spacial score (nSPS) is 9.18. The van der Waals surface area contributed by atoms with Gasteiger partial charge in [-0.1, -0.05) is 32.0 Å². The van der Waals surface area contributed by atoms with Crippen LogP contribution in [0, 0.1) is 12.7 Å². The van der Waals surface area contributed by atoms with E-state index in [2.05, 4.69) is 0 Å². The molecule has 0 N–H and O–H groups in total. The van der Waals surface area contributed by atoms with Crippen LogP contribution in [0.3, 0.4) is 0 Å². The summed E-state index contributed by atoms with van der Waals surface area (Å²) in [6.07, 6.45) is 0. The number of hydrogen-bond acceptors (Lipinski definition) is 1. The summed E-state index contributed by atoms with van der Waals surface area (Å²) in [4.78, 5) is 0. The fourth-order valence-corrected chi connectivity index (χ4v) is 1.30. The van der Waals surface area contributed by atoms with Crippen molar-refractivity contribution in [2.45, 2.75) is 20.8 Å². The molecular formula is C15H17FO. The highest BCUT2D eigenvalue weighted by Crippen LogP contribution is 2.24. The maximum Gasteiger partial charge on any atom is 0.130 e. The molecule has 0 fully saturated rings. The maximum absolute atomic E-state index is 12.6. The van der Waals surface area contributed by atoms with Gasteiger partial charge in [-0.3, -0.25) is 0 Å². The Balaban J connectivity index is 0.000000686. The highest BCUT2D eigenvalue weighted by atomic mass is 19.1. The predicted octanol–water partition coefficient (Wildman–Crippen LogP) is 4.95. The van der Waals surface area contributed by atoms with Gasteiger partial charge in [0.2, 0.25) is 0 Å². The van der Waals surface area contributed by atoms with Gasteiger partial charge in [0, 0.05) is 0 Å². The van der Waals surface area contributed by atoms with Crippen molar-refractivity contribution in [2.75, 3.05) is 0 Å². The van der Waals surface area contributed by atoms with Crippen molar-refractivity contribution >= 4 is 0 Å². The summed E-state index contributed by atoms with van der Waals surface area (Å²) in [6, 6.07) is 13.7. The summed E-state index contributed by atoms with van der Waals surface area (Å²) >= 11 is 0. The van der Waals surface area contributed by atoms with Gasteiger partial charge in [0.15, 0.2) is 0 Å². The van der Waals surface area contributed by atoms with Crippen molar-refractivity contribution in [3.63, 3.8) is 0 Å². The highest BCUT2D eigenvalue weighted by molar-refractivity contribution is 5.36. The Hall–Kier alpha value is -1.83. The summed E-state index contributed by atoms with van der Waals surface area (Å²) in [7, 11) is 0. The number of halogens is 1. The Morgan fingerprint density at radius 1 is 0.882 bits per heavy atom. The van der Waals surface area contributed by atoms with Crippen molar-refractivity contribution in [3.8, 4) is 11.5 Å². The second-order valence-electron chi connectivity index (χ2n) is 3.32. The molecule has 0 heterocycles. The zero-order valence-corrected chi connectivity index (χ0v) is 10.4. The first-order chi connectivity index (χ1) is 8.25. The first-order valence-electron chi connectivity index (χ1n) is 5.75. The minimum absolute atomic E-state index is 0.257. The second-order valence-corrected chi connectivity index (χ2v) is 3.32. The number of hydrogen-bond donors (Lipinski definition) is 0. The molecule has 2 heteroatoms. The van der Waals surface area contributed by atoms with E-state index in [1.165, 1.54) is 12.1 Å². The van der Waals surface area contributed by atoms with Crippen molar-refractivity contribution in [1.29, 1.82) is 0 Å². The van der Waals surface area contributed by atoms with Crippen LogP contribution in [0.2, 0.25) is 0 Å². The number of para-hydroxylation sites is 1. The molecule has 2 aromatic carbocycles. The molecule has 0 atom stereocenters. The lowest BCUT2D eigenvalue weighted by molar-refractivity contribution is 0.477.